The second-order valence-corrected chi connectivity index (χ2v) is 5.89. The van der Waals surface area contributed by atoms with E-state index in [0.29, 0.717) is 5.92 Å². The van der Waals surface area contributed by atoms with E-state index in [9.17, 15) is 0 Å². The fourth-order valence-electron chi connectivity index (χ4n) is 2.55. The molecule has 0 spiro atoms. The molecule has 1 aliphatic rings. The first-order valence-corrected chi connectivity index (χ1v) is 7.42. The maximum absolute atomic E-state index is 5.88. The van der Waals surface area contributed by atoms with Crippen LogP contribution in [0.15, 0.2) is 0 Å². The minimum atomic E-state index is 0.279. The lowest BCUT2D eigenvalue weighted by Crippen LogP contribution is -2.21. The average molecular weight is 258 g/mol. The van der Waals surface area contributed by atoms with Crippen molar-refractivity contribution < 1.29 is 14.2 Å². The maximum atomic E-state index is 5.88. The molecule has 0 aromatic rings. The van der Waals surface area contributed by atoms with E-state index in [1.807, 2.05) is 6.92 Å². The van der Waals surface area contributed by atoms with E-state index >= 15 is 0 Å². The van der Waals surface area contributed by atoms with Gasteiger partial charge in [0.05, 0.1) is 25.4 Å². The Morgan fingerprint density at radius 2 is 1.67 bits per heavy atom. The van der Waals surface area contributed by atoms with Crippen LogP contribution in [0.25, 0.3) is 0 Å². The molecule has 1 rings (SSSR count). The van der Waals surface area contributed by atoms with Gasteiger partial charge in [-0.1, -0.05) is 20.8 Å². The fourth-order valence-corrected chi connectivity index (χ4v) is 2.55. The molecule has 0 radical (unpaired) electrons. The lowest BCUT2D eigenvalue weighted by atomic mass is 10.00. The van der Waals surface area contributed by atoms with Crippen LogP contribution in [0.1, 0.15) is 47.0 Å². The summed E-state index contributed by atoms with van der Waals surface area (Å²) in [6, 6.07) is 0. The van der Waals surface area contributed by atoms with Gasteiger partial charge in [0.15, 0.2) is 0 Å². The Morgan fingerprint density at radius 3 is 2.22 bits per heavy atom. The van der Waals surface area contributed by atoms with Crippen molar-refractivity contribution in [3.63, 3.8) is 0 Å². The van der Waals surface area contributed by atoms with Gasteiger partial charge in [-0.25, -0.2) is 0 Å². The first kappa shape index (κ1) is 15.9. The van der Waals surface area contributed by atoms with E-state index in [0.717, 1.165) is 45.2 Å². The monoisotopic (exact) mass is 258 g/mol. The Labute approximate surface area is 112 Å². The molecule has 3 heteroatoms. The van der Waals surface area contributed by atoms with Crippen LogP contribution in [0.5, 0.6) is 0 Å². The van der Waals surface area contributed by atoms with Crippen LogP contribution in [0.3, 0.4) is 0 Å². The number of hydrogen-bond donors (Lipinski definition) is 0. The smallest absolute Gasteiger partial charge is 0.0814 e. The Morgan fingerprint density at radius 1 is 1.06 bits per heavy atom. The molecular formula is C15H30O3. The third-order valence-corrected chi connectivity index (χ3v) is 3.28. The minimum Gasteiger partial charge on any atom is -0.379 e. The molecule has 0 N–H and O–H groups in total. The second kappa shape index (κ2) is 8.89. The summed E-state index contributed by atoms with van der Waals surface area (Å²) in [6.45, 7) is 11.9. The van der Waals surface area contributed by atoms with Gasteiger partial charge in [0, 0.05) is 13.2 Å². The quantitative estimate of drug-likeness (QED) is 0.635. The van der Waals surface area contributed by atoms with Crippen molar-refractivity contribution in [3.8, 4) is 0 Å². The Kier molecular flexibility index (Phi) is 7.87. The van der Waals surface area contributed by atoms with Crippen LogP contribution in [-0.2, 0) is 14.2 Å². The van der Waals surface area contributed by atoms with Crippen molar-refractivity contribution >= 4 is 0 Å². The van der Waals surface area contributed by atoms with E-state index in [1.54, 1.807) is 0 Å². The highest BCUT2D eigenvalue weighted by Crippen LogP contribution is 2.20. The molecule has 1 unspecified atom stereocenters. The highest BCUT2D eigenvalue weighted by molar-refractivity contribution is 4.73. The van der Waals surface area contributed by atoms with Crippen LogP contribution in [0.2, 0.25) is 0 Å². The predicted octanol–water partition coefficient (Wildman–Crippen LogP) is 3.27. The van der Waals surface area contributed by atoms with Crippen molar-refractivity contribution in [2.75, 3.05) is 26.4 Å². The highest BCUT2D eigenvalue weighted by atomic mass is 16.6. The van der Waals surface area contributed by atoms with Crippen molar-refractivity contribution in [3.05, 3.63) is 0 Å². The molecule has 1 saturated heterocycles. The van der Waals surface area contributed by atoms with Gasteiger partial charge >= 0.3 is 0 Å². The number of rotatable bonds is 9. The first-order valence-electron chi connectivity index (χ1n) is 7.42. The molecule has 0 aromatic carbocycles. The molecule has 1 fully saturated rings. The molecule has 0 aromatic heterocycles. The van der Waals surface area contributed by atoms with Crippen molar-refractivity contribution in [1.82, 2.24) is 0 Å². The minimum absolute atomic E-state index is 0.279. The SMILES string of the molecule is CCOC[C@@H]1CC[C@@H](COCC(C)CC(C)C)O1. The van der Waals surface area contributed by atoms with Crippen LogP contribution in [-0.4, -0.2) is 38.6 Å². The van der Waals surface area contributed by atoms with E-state index in [1.165, 1.54) is 6.42 Å². The Bertz CT molecular complexity index is 206. The first-order chi connectivity index (χ1) is 8.61. The highest BCUT2D eigenvalue weighted by Gasteiger charge is 2.25. The molecule has 0 aliphatic carbocycles. The lowest BCUT2D eigenvalue weighted by Gasteiger charge is -2.17. The van der Waals surface area contributed by atoms with Crippen molar-refractivity contribution in [1.29, 1.82) is 0 Å². The third kappa shape index (κ3) is 6.72. The summed E-state index contributed by atoms with van der Waals surface area (Å²) < 4.78 is 17.0. The van der Waals surface area contributed by atoms with Gasteiger partial charge in [0.1, 0.15) is 0 Å². The summed E-state index contributed by atoms with van der Waals surface area (Å²) in [7, 11) is 0. The molecule has 0 bridgehead atoms. The predicted molar refractivity (Wildman–Crippen MR) is 73.8 cm³/mol. The molecule has 1 aliphatic heterocycles. The third-order valence-electron chi connectivity index (χ3n) is 3.28. The number of ether oxygens (including phenoxy) is 3. The lowest BCUT2D eigenvalue weighted by molar-refractivity contribution is -0.0481. The van der Waals surface area contributed by atoms with Gasteiger partial charge < -0.3 is 14.2 Å². The van der Waals surface area contributed by atoms with Gasteiger partial charge in [-0.15, -0.1) is 0 Å². The summed E-state index contributed by atoms with van der Waals surface area (Å²) in [4.78, 5) is 0. The molecule has 0 amide bonds. The molecule has 1 heterocycles. The van der Waals surface area contributed by atoms with Gasteiger partial charge in [0.25, 0.3) is 0 Å². The van der Waals surface area contributed by atoms with Gasteiger partial charge in [-0.05, 0) is 38.0 Å². The van der Waals surface area contributed by atoms with Crippen LogP contribution < -0.4 is 0 Å². The largest absolute Gasteiger partial charge is 0.379 e. The zero-order chi connectivity index (χ0) is 13.4. The second-order valence-electron chi connectivity index (χ2n) is 5.89. The molecule has 18 heavy (non-hydrogen) atoms. The summed E-state index contributed by atoms with van der Waals surface area (Å²) in [5, 5.41) is 0. The van der Waals surface area contributed by atoms with Crippen molar-refractivity contribution in [2.45, 2.75) is 59.2 Å². The van der Waals surface area contributed by atoms with E-state index in [-0.39, 0.29) is 12.2 Å². The van der Waals surface area contributed by atoms with Gasteiger partial charge in [-0.2, -0.15) is 0 Å². The molecular weight excluding hydrogens is 228 g/mol. The van der Waals surface area contributed by atoms with E-state index in [2.05, 4.69) is 20.8 Å². The summed E-state index contributed by atoms with van der Waals surface area (Å²) in [6.07, 6.45) is 4.01. The van der Waals surface area contributed by atoms with Crippen LogP contribution in [0, 0.1) is 11.8 Å². The standard InChI is InChI=1S/C15H30O3/c1-5-16-10-14-6-7-15(18-14)11-17-9-13(4)8-12(2)3/h12-15H,5-11H2,1-4H3/t13?,14-,15-/m0/s1. The Balaban J connectivity index is 2.03. The normalized spacial score (nSPS) is 25.8. The zero-order valence-corrected chi connectivity index (χ0v) is 12.5. The summed E-state index contributed by atoms with van der Waals surface area (Å²) >= 11 is 0. The van der Waals surface area contributed by atoms with Crippen LogP contribution in [0.4, 0.5) is 0 Å². The topological polar surface area (TPSA) is 27.7 Å². The van der Waals surface area contributed by atoms with Gasteiger partial charge in [0.2, 0.25) is 0 Å². The molecule has 3 nitrogen and oxygen atoms in total. The fraction of sp³-hybridized carbons (Fsp3) is 1.00. The Hall–Kier alpha value is -0.120. The van der Waals surface area contributed by atoms with Crippen molar-refractivity contribution in [2.24, 2.45) is 11.8 Å². The van der Waals surface area contributed by atoms with Gasteiger partial charge in [-0.3, -0.25) is 0 Å². The maximum Gasteiger partial charge on any atom is 0.0814 e. The summed E-state index contributed by atoms with van der Waals surface area (Å²) in [5.41, 5.74) is 0. The molecule has 3 atom stereocenters. The molecule has 0 saturated carbocycles. The summed E-state index contributed by atoms with van der Waals surface area (Å²) in [5.74, 6) is 1.40. The van der Waals surface area contributed by atoms with Crippen LogP contribution >= 0.6 is 0 Å². The average Bonchev–Trinajstić information content (AvgIpc) is 2.73. The number of hydrogen-bond acceptors (Lipinski definition) is 3. The zero-order valence-electron chi connectivity index (χ0n) is 12.5. The van der Waals surface area contributed by atoms with E-state index in [4.69, 9.17) is 14.2 Å². The molecule has 108 valence electrons. The van der Waals surface area contributed by atoms with E-state index < -0.39 is 0 Å².